The zero-order chi connectivity index (χ0) is 19.8. The van der Waals surface area contributed by atoms with Gasteiger partial charge in [0.1, 0.15) is 5.75 Å². The van der Waals surface area contributed by atoms with Crippen molar-refractivity contribution in [3.63, 3.8) is 0 Å². The SMILES string of the molecule is COc1ccc(CC(=O)O[C@H](C)C(=O)NCc2ccccc2OC)cc1F. The van der Waals surface area contributed by atoms with E-state index in [1.54, 1.807) is 19.2 Å². The van der Waals surface area contributed by atoms with E-state index in [0.29, 0.717) is 11.3 Å². The van der Waals surface area contributed by atoms with E-state index in [9.17, 15) is 14.0 Å². The van der Waals surface area contributed by atoms with Crippen molar-refractivity contribution >= 4 is 11.9 Å². The fourth-order valence-electron chi connectivity index (χ4n) is 2.45. The summed E-state index contributed by atoms with van der Waals surface area (Å²) in [5.74, 6) is -0.875. The number of benzene rings is 2. The standard InChI is InChI=1S/C20H22FNO5/c1-13(20(24)22-12-15-6-4-5-7-17(15)25-2)27-19(23)11-14-8-9-18(26-3)16(21)10-14/h4-10,13H,11-12H2,1-3H3,(H,22,24)/t13-/m1/s1. The van der Waals surface area contributed by atoms with Crippen LogP contribution in [0.2, 0.25) is 0 Å². The van der Waals surface area contributed by atoms with Crippen LogP contribution < -0.4 is 14.8 Å². The minimum Gasteiger partial charge on any atom is -0.496 e. The van der Waals surface area contributed by atoms with E-state index in [0.717, 1.165) is 5.56 Å². The lowest BCUT2D eigenvalue weighted by molar-refractivity contribution is -0.154. The highest BCUT2D eigenvalue weighted by molar-refractivity contribution is 5.83. The van der Waals surface area contributed by atoms with Gasteiger partial charge in [-0.3, -0.25) is 9.59 Å². The van der Waals surface area contributed by atoms with Gasteiger partial charge >= 0.3 is 5.97 Å². The van der Waals surface area contributed by atoms with Crippen LogP contribution in [0.15, 0.2) is 42.5 Å². The molecular weight excluding hydrogens is 353 g/mol. The van der Waals surface area contributed by atoms with Crippen LogP contribution in [-0.4, -0.2) is 32.2 Å². The molecule has 7 heteroatoms. The second-order valence-corrected chi connectivity index (χ2v) is 5.81. The Morgan fingerprint density at radius 2 is 1.78 bits per heavy atom. The number of amides is 1. The molecular formula is C20H22FNO5. The first-order valence-corrected chi connectivity index (χ1v) is 8.36. The van der Waals surface area contributed by atoms with Gasteiger partial charge < -0.3 is 19.5 Å². The Kier molecular flexibility index (Phi) is 7.16. The zero-order valence-electron chi connectivity index (χ0n) is 15.5. The van der Waals surface area contributed by atoms with Crippen LogP contribution in [0.3, 0.4) is 0 Å². The normalized spacial score (nSPS) is 11.4. The number of rotatable bonds is 8. The Labute approximate surface area is 157 Å². The number of hydrogen-bond acceptors (Lipinski definition) is 5. The van der Waals surface area contributed by atoms with E-state index in [4.69, 9.17) is 14.2 Å². The maximum Gasteiger partial charge on any atom is 0.311 e. The smallest absolute Gasteiger partial charge is 0.311 e. The lowest BCUT2D eigenvalue weighted by atomic mass is 10.1. The van der Waals surface area contributed by atoms with Gasteiger partial charge in [0, 0.05) is 12.1 Å². The molecule has 27 heavy (non-hydrogen) atoms. The van der Waals surface area contributed by atoms with Gasteiger partial charge in [0.15, 0.2) is 17.7 Å². The molecule has 0 bridgehead atoms. The first kappa shape index (κ1) is 20.2. The van der Waals surface area contributed by atoms with Crippen LogP contribution in [0.25, 0.3) is 0 Å². The summed E-state index contributed by atoms with van der Waals surface area (Å²) in [7, 11) is 2.91. The molecule has 1 N–H and O–H groups in total. The quantitative estimate of drug-likeness (QED) is 0.718. The molecule has 0 unspecified atom stereocenters. The molecule has 6 nitrogen and oxygen atoms in total. The number of halogens is 1. The fraction of sp³-hybridized carbons (Fsp3) is 0.300. The summed E-state index contributed by atoms with van der Waals surface area (Å²) in [6, 6.07) is 11.5. The Balaban J connectivity index is 1.86. The number of hydrogen-bond donors (Lipinski definition) is 1. The second kappa shape index (κ2) is 9.56. The van der Waals surface area contributed by atoms with Gasteiger partial charge in [-0.1, -0.05) is 24.3 Å². The summed E-state index contributed by atoms with van der Waals surface area (Å²) in [5, 5.41) is 2.69. The zero-order valence-corrected chi connectivity index (χ0v) is 15.5. The van der Waals surface area contributed by atoms with Gasteiger partial charge in [-0.15, -0.1) is 0 Å². The van der Waals surface area contributed by atoms with Gasteiger partial charge in [-0.25, -0.2) is 4.39 Å². The molecule has 0 aliphatic carbocycles. The molecule has 2 aromatic carbocycles. The van der Waals surface area contributed by atoms with Gasteiger partial charge in [-0.2, -0.15) is 0 Å². The lowest BCUT2D eigenvalue weighted by Crippen LogP contribution is -2.35. The van der Waals surface area contributed by atoms with Crippen molar-refractivity contribution < 1.29 is 28.2 Å². The van der Waals surface area contributed by atoms with E-state index >= 15 is 0 Å². The van der Waals surface area contributed by atoms with Crippen LogP contribution in [-0.2, 0) is 27.3 Å². The molecule has 0 saturated carbocycles. The Hall–Kier alpha value is -3.09. The number of nitrogens with one attached hydrogen (secondary N) is 1. The van der Waals surface area contributed by atoms with Crippen LogP contribution in [0, 0.1) is 5.82 Å². The van der Waals surface area contributed by atoms with Crippen molar-refractivity contribution in [2.45, 2.75) is 26.0 Å². The first-order chi connectivity index (χ1) is 12.9. The van der Waals surface area contributed by atoms with Gasteiger partial charge in [0.05, 0.1) is 20.6 Å². The van der Waals surface area contributed by atoms with Crippen molar-refractivity contribution in [1.29, 1.82) is 0 Å². The third kappa shape index (κ3) is 5.70. The molecule has 2 rings (SSSR count). The van der Waals surface area contributed by atoms with E-state index in [1.165, 1.54) is 26.2 Å². The Morgan fingerprint density at radius 1 is 1.07 bits per heavy atom. The maximum absolute atomic E-state index is 13.7. The number of esters is 1. The predicted molar refractivity (Wildman–Crippen MR) is 97.1 cm³/mol. The molecule has 0 aliphatic rings. The molecule has 0 spiro atoms. The number of para-hydroxylation sites is 1. The van der Waals surface area contributed by atoms with E-state index in [2.05, 4.69) is 5.32 Å². The highest BCUT2D eigenvalue weighted by Gasteiger charge is 2.18. The van der Waals surface area contributed by atoms with Crippen molar-refractivity contribution in [3.05, 3.63) is 59.4 Å². The summed E-state index contributed by atoms with van der Waals surface area (Å²) in [6.45, 7) is 1.72. The molecule has 1 atom stereocenters. The Morgan fingerprint density at radius 3 is 2.44 bits per heavy atom. The monoisotopic (exact) mass is 375 g/mol. The van der Waals surface area contributed by atoms with Gasteiger partial charge in [0.25, 0.3) is 5.91 Å². The molecule has 0 heterocycles. The number of carbonyl (C=O) groups is 2. The number of ether oxygens (including phenoxy) is 3. The summed E-state index contributed by atoms with van der Waals surface area (Å²) < 4.78 is 28.8. The minimum atomic E-state index is -0.977. The first-order valence-electron chi connectivity index (χ1n) is 8.36. The van der Waals surface area contributed by atoms with E-state index in [1.807, 2.05) is 18.2 Å². The predicted octanol–water partition coefficient (Wildman–Crippen LogP) is 2.63. The molecule has 1 amide bonds. The second-order valence-electron chi connectivity index (χ2n) is 5.81. The van der Waals surface area contributed by atoms with Crippen LogP contribution in [0.5, 0.6) is 11.5 Å². The maximum atomic E-state index is 13.7. The average molecular weight is 375 g/mol. The topological polar surface area (TPSA) is 73.9 Å². The molecule has 0 radical (unpaired) electrons. The highest BCUT2D eigenvalue weighted by Crippen LogP contribution is 2.18. The van der Waals surface area contributed by atoms with Crippen LogP contribution in [0.4, 0.5) is 4.39 Å². The lowest BCUT2D eigenvalue weighted by Gasteiger charge is -2.15. The molecule has 0 saturated heterocycles. The van der Waals surface area contributed by atoms with Crippen molar-refractivity contribution in [2.24, 2.45) is 0 Å². The van der Waals surface area contributed by atoms with E-state index in [-0.39, 0.29) is 18.7 Å². The van der Waals surface area contributed by atoms with Crippen molar-refractivity contribution in [2.75, 3.05) is 14.2 Å². The Bertz CT molecular complexity index is 809. The summed E-state index contributed by atoms with van der Waals surface area (Å²) in [4.78, 5) is 24.1. The van der Waals surface area contributed by atoms with E-state index < -0.39 is 23.8 Å². The summed E-state index contributed by atoms with van der Waals surface area (Å²) >= 11 is 0. The number of methoxy groups -OCH3 is 2. The molecule has 0 fully saturated rings. The van der Waals surface area contributed by atoms with Crippen LogP contribution >= 0.6 is 0 Å². The van der Waals surface area contributed by atoms with Crippen molar-refractivity contribution in [3.8, 4) is 11.5 Å². The highest BCUT2D eigenvalue weighted by atomic mass is 19.1. The third-order valence-corrected chi connectivity index (χ3v) is 3.89. The largest absolute Gasteiger partial charge is 0.496 e. The van der Waals surface area contributed by atoms with Crippen LogP contribution in [0.1, 0.15) is 18.1 Å². The average Bonchev–Trinajstić information content (AvgIpc) is 2.66. The minimum absolute atomic E-state index is 0.0937. The van der Waals surface area contributed by atoms with Gasteiger partial charge in [-0.05, 0) is 30.7 Å². The third-order valence-electron chi connectivity index (χ3n) is 3.89. The van der Waals surface area contributed by atoms with Gasteiger partial charge in [0.2, 0.25) is 0 Å². The van der Waals surface area contributed by atoms with Crippen molar-refractivity contribution in [1.82, 2.24) is 5.32 Å². The molecule has 144 valence electrons. The summed E-state index contributed by atoms with van der Waals surface area (Å²) in [6.07, 6.45) is -1.12. The molecule has 2 aromatic rings. The number of carbonyl (C=O) groups excluding carboxylic acids is 2. The fourth-order valence-corrected chi connectivity index (χ4v) is 2.45. The molecule has 0 aliphatic heterocycles. The summed E-state index contributed by atoms with van der Waals surface area (Å²) in [5.41, 5.74) is 1.24. The molecule has 0 aromatic heterocycles.